The number of benzene rings is 2. The van der Waals surface area contributed by atoms with E-state index in [1.165, 1.54) is 36.2 Å². The number of hydrogen-bond acceptors (Lipinski definition) is 3. The van der Waals surface area contributed by atoms with Crippen LogP contribution in [0.4, 0.5) is 21.6 Å². The molecule has 2 amide bonds. The van der Waals surface area contributed by atoms with Gasteiger partial charge in [0.25, 0.3) is 0 Å². The van der Waals surface area contributed by atoms with Gasteiger partial charge in [-0.25, -0.2) is 9.37 Å². The van der Waals surface area contributed by atoms with Crippen LogP contribution in [0.25, 0.3) is 0 Å². The first-order chi connectivity index (χ1) is 13.5. The Labute approximate surface area is 166 Å². The number of aromatic nitrogens is 1. The van der Waals surface area contributed by atoms with Crippen molar-refractivity contribution in [3.8, 4) is 0 Å². The molecular formula is C21H17ClFN3O2. The minimum atomic E-state index is -0.537. The Morgan fingerprint density at radius 1 is 1.11 bits per heavy atom. The second-order valence-corrected chi connectivity index (χ2v) is 6.43. The van der Waals surface area contributed by atoms with E-state index in [-0.39, 0.29) is 22.9 Å². The smallest absolute Gasteiger partial charge is 0.229 e. The maximum atomic E-state index is 13.9. The number of amides is 2. The summed E-state index contributed by atoms with van der Waals surface area (Å²) < 4.78 is 13.9. The number of hydrogen-bond donors (Lipinski definition) is 1. The average Bonchev–Trinajstić information content (AvgIpc) is 2.66. The largest absolute Gasteiger partial charge is 0.326 e. The third-order valence-corrected chi connectivity index (χ3v) is 4.34. The highest BCUT2D eigenvalue weighted by atomic mass is 35.5. The number of anilines is 3. The summed E-state index contributed by atoms with van der Waals surface area (Å²) in [4.78, 5) is 30.1. The molecule has 1 aromatic heterocycles. The molecule has 0 aliphatic heterocycles. The molecular weight excluding hydrogens is 381 g/mol. The van der Waals surface area contributed by atoms with Crippen LogP contribution in [0.1, 0.15) is 12.5 Å². The molecule has 0 unspecified atom stereocenters. The molecule has 3 aromatic rings. The van der Waals surface area contributed by atoms with Crippen molar-refractivity contribution in [1.82, 2.24) is 4.98 Å². The summed E-state index contributed by atoms with van der Waals surface area (Å²) in [5.74, 6) is -0.830. The number of para-hydroxylation sites is 1. The van der Waals surface area contributed by atoms with Gasteiger partial charge in [0.05, 0.1) is 12.1 Å². The van der Waals surface area contributed by atoms with Crippen molar-refractivity contribution < 1.29 is 14.0 Å². The Kier molecular flexibility index (Phi) is 6.01. The normalized spacial score (nSPS) is 10.4. The van der Waals surface area contributed by atoms with Crippen LogP contribution in [0.2, 0.25) is 5.02 Å². The topological polar surface area (TPSA) is 62.3 Å². The Hall–Kier alpha value is -3.25. The van der Waals surface area contributed by atoms with Crippen LogP contribution in [-0.2, 0) is 16.0 Å². The zero-order valence-electron chi connectivity index (χ0n) is 15.0. The van der Waals surface area contributed by atoms with E-state index >= 15 is 0 Å². The minimum absolute atomic E-state index is 0.130. The highest BCUT2D eigenvalue weighted by Gasteiger charge is 2.17. The maximum absolute atomic E-state index is 13.9. The molecule has 0 aliphatic rings. The van der Waals surface area contributed by atoms with Gasteiger partial charge in [0.15, 0.2) is 0 Å². The fourth-order valence-corrected chi connectivity index (χ4v) is 2.97. The predicted octanol–water partition coefficient (Wildman–Crippen LogP) is 4.74. The molecule has 142 valence electrons. The van der Waals surface area contributed by atoms with Crippen LogP contribution < -0.4 is 10.2 Å². The second kappa shape index (κ2) is 8.63. The first kappa shape index (κ1) is 19.5. The molecule has 0 spiro atoms. The van der Waals surface area contributed by atoms with E-state index in [4.69, 9.17) is 11.6 Å². The SMILES string of the molecule is CC(=O)N(c1ccccc1)c1cc(NC(=O)Cc2c(F)cccc2Cl)ccn1. The van der Waals surface area contributed by atoms with Crippen LogP contribution in [0, 0.1) is 5.82 Å². The molecule has 2 aromatic carbocycles. The van der Waals surface area contributed by atoms with E-state index in [0.29, 0.717) is 17.2 Å². The van der Waals surface area contributed by atoms with Crippen molar-refractivity contribution in [3.05, 3.63) is 83.3 Å². The third kappa shape index (κ3) is 4.53. The Morgan fingerprint density at radius 3 is 2.54 bits per heavy atom. The lowest BCUT2D eigenvalue weighted by atomic mass is 10.1. The average molecular weight is 398 g/mol. The van der Waals surface area contributed by atoms with E-state index in [9.17, 15) is 14.0 Å². The quantitative estimate of drug-likeness (QED) is 0.676. The summed E-state index contributed by atoms with van der Waals surface area (Å²) in [5, 5.41) is 2.88. The molecule has 0 aliphatic carbocycles. The molecule has 5 nitrogen and oxygen atoms in total. The second-order valence-electron chi connectivity index (χ2n) is 6.02. The van der Waals surface area contributed by atoms with E-state index < -0.39 is 11.7 Å². The summed E-state index contributed by atoms with van der Waals surface area (Å²) in [5.41, 5.74) is 1.22. The first-order valence-electron chi connectivity index (χ1n) is 8.50. The number of carbonyl (C=O) groups is 2. The maximum Gasteiger partial charge on any atom is 0.229 e. The molecule has 28 heavy (non-hydrogen) atoms. The van der Waals surface area contributed by atoms with Crippen molar-refractivity contribution in [3.63, 3.8) is 0 Å². The molecule has 1 heterocycles. The van der Waals surface area contributed by atoms with Gasteiger partial charge in [-0.3, -0.25) is 14.5 Å². The van der Waals surface area contributed by atoms with Gasteiger partial charge >= 0.3 is 0 Å². The standard InChI is InChI=1S/C21H17ClFN3O2/c1-14(27)26(16-6-3-2-4-7-16)20-12-15(10-11-24-20)25-21(28)13-17-18(22)8-5-9-19(17)23/h2-12H,13H2,1H3,(H,24,25,28). The van der Waals surface area contributed by atoms with Crippen molar-refractivity contribution in [1.29, 1.82) is 0 Å². The first-order valence-corrected chi connectivity index (χ1v) is 8.88. The zero-order chi connectivity index (χ0) is 20.1. The van der Waals surface area contributed by atoms with Gasteiger partial charge in [-0.1, -0.05) is 35.9 Å². The Morgan fingerprint density at radius 2 is 1.86 bits per heavy atom. The van der Waals surface area contributed by atoms with Gasteiger partial charge in [0, 0.05) is 35.5 Å². The molecule has 0 atom stereocenters. The number of pyridine rings is 1. The predicted molar refractivity (Wildman–Crippen MR) is 107 cm³/mol. The lowest BCUT2D eigenvalue weighted by Gasteiger charge is -2.20. The molecule has 3 rings (SSSR count). The molecule has 0 saturated carbocycles. The molecule has 1 N–H and O–H groups in total. The number of nitrogens with zero attached hydrogens (tertiary/aromatic N) is 2. The van der Waals surface area contributed by atoms with Crippen molar-refractivity contribution in [2.45, 2.75) is 13.3 Å². The van der Waals surface area contributed by atoms with E-state index in [1.54, 1.807) is 24.3 Å². The number of carbonyl (C=O) groups excluding carboxylic acids is 2. The van der Waals surface area contributed by atoms with Gasteiger partial charge in [-0.05, 0) is 30.3 Å². The molecule has 0 radical (unpaired) electrons. The van der Waals surface area contributed by atoms with Crippen LogP contribution in [-0.4, -0.2) is 16.8 Å². The molecule has 0 fully saturated rings. The van der Waals surface area contributed by atoms with E-state index in [1.807, 2.05) is 18.2 Å². The molecule has 0 bridgehead atoms. The lowest BCUT2D eigenvalue weighted by molar-refractivity contribution is -0.116. The number of rotatable bonds is 5. The van der Waals surface area contributed by atoms with Crippen LogP contribution in [0.3, 0.4) is 0 Å². The fraction of sp³-hybridized carbons (Fsp3) is 0.0952. The summed E-state index contributed by atoms with van der Waals surface area (Å²) in [6, 6.07) is 16.5. The van der Waals surface area contributed by atoms with Crippen LogP contribution >= 0.6 is 11.6 Å². The van der Waals surface area contributed by atoms with Crippen molar-refractivity contribution in [2.24, 2.45) is 0 Å². The monoisotopic (exact) mass is 397 g/mol. The van der Waals surface area contributed by atoms with Crippen molar-refractivity contribution >= 4 is 40.6 Å². The lowest BCUT2D eigenvalue weighted by Crippen LogP contribution is -2.24. The van der Waals surface area contributed by atoms with Gasteiger partial charge in [0.2, 0.25) is 11.8 Å². The highest BCUT2D eigenvalue weighted by Crippen LogP contribution is 2.26. The Balaban J connectivity index is 1.81. The summed E-state index contributed by atoms with van der Waals surface area (Å²) in [6.07, 6.45) is 1.28. The van der Waals surface area contributed by atoms with Gasteiger partial charge in [-0.2, -0.15) is 0 Å². The highest BCUT2D eigenvalue weighted by molar-refractivity contribution is 6.31. The van der Waals surface area contributed by atoms with E-state index in [2.05, 4.69) is 10.3 Å². The summed E-state index contributed by atoms with van der Waals surface area (Å²) in [6.45, 7) is 1.43. The molecule has 7 heteroatoms. The van der Waals surface area contributed by atoms with Gasteiger partial charge in [-0.15, -0.1) is 0 Å². The minimum Gasteiger partial charge on any atom is -0.326 e. The van der Waals surface area contributed by atoms with E-state index in [0.717, 1.165) is 0 Å². The number of halogens is 2. The van der Waals surface area contributed by atoms with Gasteiger partial charge in [0.1, 0.15) is 11.6 Å². The Bertz CT molecular complexity index is 991. The number of nitrogens with one attached hydrogen (secondary N) is 1. The van der Waals surface area contributed by atoms with Gasteiger partial charge < -0.3 is 5.32 Å². The molecule has 0 saturated heterocycles. The van der Waals surface area contributed by atoms with Crippen LogP contribution in [0.15, 0.2) is 66.9 Å². The van der Waals surface area contributed by atoms with Crippen molar-refractivity contribution in [2.75, 3.05) is 10.2 Å². The fourth-order valence-electron chi connectivity index (χ4n) is 2.74. The third-order valence-electron chi connectivity index (χ3n) is 3.99. The summed E-state index contributed by atoms with van der Waals surface area (Å²) >= 11 is 5.97. The van der Waals surface area contributed by atoms with Crippen LogP contribution in [0.5, 0.6) is 0 Å². The zero-order valence-corrected chi connectivity index (χ0v) is 15.8. The summed E-state index contributed by atoms with van der Waals surface area (Å²) in [7, 11) is 0.